The molecule has 2 heteroatoms. The lowest BCUT2D eigenvalue weighted by molar-refractivity contribution is -0.0386. The quantitative estimate of drug-likeness (QED) is 0.568. The summed E-state index contributed by atoms with van der Waals surface area (Å²) < 4.78 is 5.29. The van der Waals surface area contributed by atoms with E-state index in [4.69, 9.17) is 9.84 Å². The Bertz CT molecular complexity index is 75.0. The van der Waals surface area contributed by atoms with Crippen molar-refractivity contribution in [3.05, 3.63) is 0 Å². The van der Waals surface area contributed by atoms with Gasteiger partial charge in [0.25, 0.3) is 0 Å². The van der Waals surface area contributed by atoms with Gasteiger partial charge in [-0.3, -0.25) is 0 Å². The molecule has 0 bridgehead atoms. The Labute approximate surface area is 55.8 Å². The van der Waals surface area contributed by atoms with Crippen molar-refractivity contribution in [1.82, 2.24) is 0 Å². The van der Waals surface area contributed by atoms with Crippen LogP contribution in [0.2, 0.25) is 0 Å². The third-order valence-corrected chi connectivity index (χ3v) is 1.80. The smallest absolute Gasteiger partial charge is 0.0806 e. The summed E-state index contributed by atoms with van der Waals surface area (Å²) in [7, 11) is 0. The van der Waals surface area contributed by atoms with Crippen molar-refractivity contribution in [2.24, 2.45) is 5.92 Å². The van der Waals surface area contributed by atoms with Crippen LogP contribution in [0.5, 0.6) is 0 Å². The fraction of sp³-hybridized carbons (Fsp3) is 1.00. The van der Waals surface area contributed by atoms with E-state index in [9.17, 15) is 0 Å². The lowest BCUT2D eigenvalue weighted by Gasteiger charge is -2.24. The topological polar surface area (TPSA) is 29.5 Å². The van der Waals surface area contributed by atoms with Crippen molar-refractivity contribution in [3.63, 3.8) is 0 Å². The first-order valence-electron chi connectivity index (χ1n) is 3.55. The molecule has 1 unspecified atom stereocenters. The largest absolute Gasteiger partial charge is 0.394 e. The van der Waals surface area contributed by atoms with Gasteiger partial charge in [-0.25, -0.2) is 0 Å². The van der Waals surface area contributed by atoms with Gasteiger partial charge in [0, 0.05) is 6.61 Å². The Hall–Kier alpha value is -0.0800. The second kappa shape index (κ2) is 3.18. The maximum absolute atomic E-state index is 8.65. The molecule has 1 rings (SSSR count). The molecule has 0 aliphatic carbocycles. The average molecular weight is 130 g/mol. The van der Waals surface area contributed by atoms with Gasteiger partial charge in [0.2, 0.25) is 0 Å². The molecule has 0 aromatic rings. The molecule has 0 aromatic heterocycles. The van der Waals surface area contributed by atoms with Gasteiger partial charge in [-0.05, 0) is 18.8 Å². The minimum Gasteiger partial charge on any atom is -0.394 e. The number of hydrogen-bond donors (Lipinski definition) is 1. The van der Waals surface area contributed by atoms with E-state index in [1.807, 2.05) is 0 Å². The zero-order valence-electron chi connectivity index (χ0n) is 5.84. The van der Waals surface area contributed by atoms with Gasteiger partial charge in [0.1, 0.15) is 0 Å². The van der Waals surface area contributed by atoms with Crippen molar-refractivity contribution < 1.29 is 9.84 Å². The fourth-order valence-corrected chi connectivity index (χ4v) is 1.08. The van der Waals surface area contributed by atoms with Crippen LogP contribution in [0.25, 0.3) is 0 Å². The predicted molar refractivity (Wildman–Crippen MR) is 35.2 cm³/mol. The van der Waals surface area contributed by atoms with E-state index >= 15 is 0 Å². The molecule has 1 aliphatic rings. The first kappa shape index (κ1) is 7.03. The molecule has 9 heavy (non-hydrogen) atoms. The van der Waals surface area contributed by atoms with Crippen molar-refractivity contribution in [3.8, 4) is 0 Å². The zero-order valence-corrected chi connectivity index (χ0v) is 5.84. The number of aliphatic hydroxyl groups excluding tert-OH is 1. The van der Waals surface area contributed by atoms with E-state index in [0.29, 0.717) is 5.92 Å². The van der Waals surface area contributed by atoms with Crippen molar-refractivity contribution in [2.45, 2.75) is 25.9 Å². The molecule has 1 N–H and O–H groups in total. The highest BCUT2D eigenvalue weighted by atomic mass is 16.5. The molecule has 54 valence electrons. The first-order chi connectivity index (χ1) is 4.33. The molecule has 0 radical (unpaired) electrons. The van der Waals surface area contributed by atoms with Gasteiger partial charge < -0.3 is 9.84 Å². The molecule has 0 aromatic carbocycles. The highest BCUT2D eigenvalue weighted by molar-refractivity contribution is 4.65. The van der Waals surface area contributed by atoms with Gasteiger partial charge in [-0.15, -0.1) is 0 Å². The highest BCUT2D eigenvalue weighted by Gasteiger charge is 2.16. The highest BCUT2D eigenvalue weighted by Crippen LogP contribution is 2.17. The Kier molecular flexibility index (Phi) is 2.49. The monoisotopic (exact) mass is 130 g/mol. The third kappa shape index (κ3) is 1.95. The maximum Gasteiger partial charge on any atom is 0.0806 e. The summed E-state index contributed by atoms with van der Waals surface area (Å²) in [6, 6.07) is 0. The molecule has 1 heterocycles. The van der Waals surface area contributed by atoms with Crippen LogP contribution < -0.4 is 0 Å². The number of aliphatic hydroxyl groups is 1. The Balaban J connectivity index is 2.18. The summed E-state index contributed by atoms with van der Waals surface area (Å²) in [6.07, 6.45) is 2.35. The normalized spacial score (nSPS) is 36.7. The number of hydrogen-bond acceptors (Lipinski definition) is 2. The SMILES string of the molecule is C[C@@H]1CCC(CO)OC1. The molecule has 0 spiro atoms. The summed E-state index contributed by atoms with van der Waals surface area (Å²) in [5, 5.41) is 8.65. The van der Waals surface area contributed by atoms with Crippen molar-refractivity contribution >= 4 is 0 Å². The summed E-state index contributed by atoms with van der Waals surface area (Å²) in [6.45, 7) is 3.19. The predicted octanol–water partition coefficient (Wildman–Crippen LogP) is 0.794. The van der Waals surface area contributed by atoms with Crippen molar-refractivity contribution in [1.29, 1.82) is 0 Å². The Morgan fingerprint density at radius 3 is 2.78 bits per heavy atom. The van der Waals surface area contributed by atoms with E-state index in [2.05, 4.69) is 6.92 Å². The summed E-state index contributed by atoms with van der Waals surface area (Å²) in [5.74, 6) is 0.688. The van der Waals surface area contributed by atoms with Crippen LogP contribution in [0.15, 0.2) is 0 Å². The van der Waals surface area contributed by atoms with Gasteiger partial charge >= 0.3 is 0 Å². The van der Waals surface area contributed by atoms with E-state index in [0.717, 1.165) is 13.0 Å². The second-order valence-electron chi connectivity index (χ2n) is 2.82. The maximum atomic E-state index is 8.65. The van der Waals surface area contributed by atoms with Crippen LogP contribution in [-0.2, 0) is 4.74 Å². The second-order valence-corrected chi connectivity index (χ2v) is 2.82. The molecule has 2 nitrogen and oxygen atoms in total. The van der Waals surface area contributed by atoms with E-state index in [1.54, 1.807) is 0 Å². The van der Waals surface area contributed by atoms with E-state index in [-0.39, 0.29) is 12.7 Å². The molecular formula is C7H14O2. The summed E-state index contributed by atoms with van der Waals surface area (Å²) in [4.78, 5) is 0. The molecule has 1 fully saturated rings. The van der Waals surface area contributed by atoms with Crippen molar-refractivity contribution in [2.75, 3.05) is 13.2 Å². The van der Waals surface area contributed by atoms with Crippen LogP contribution in [0.4, 0.5) is 0 Å². The van der Waals surface area contributed by atoms with Crippen LogP contribution in [0.3, 0.4) is 0 Å². The van der Waals surface area contributed by atoms with Gasteiger partial charge in [0.15, 0.2) is 0 Å². The Morgan fingerprint density at radius 2 is 2.33 bits per heavy atom. The van der Waals surface area contributed by atoms with Crippen LogP contribution in [-0.4, -0.2) is 24.4 Å². The van der Waals surface area contributed by atoms with Crippen LogP contribution in [0, 0.1) is 5.92 Å². The molecule has 1 aliphatic heterocycles. The molecule has 0 amide bonds. The summed E-state index contributed by atoms with van der Waals surface area (Å²) >= 11 is 0. The minimum atomic E-state index is 0.126. The lowest BCUT2D eigenvalue weighted by atomic mass is 10.0. The number of rotatable bonds is 1. The Morgan fingerprint density at radius 1 is 1.56 bits per heavy atom. The van der Waals surface area contributed by atoms with E-state index in [1.165, 1.54) is 6.42 Å². The lowest BCUT2D eigenvalue weighted by Crippen LogP contribution is -2.26. The molecule has 1 saturated heterocycles. The van der Waals surface area contributed by atoms with Gasteiger partial charge in [0.05, 0.1) is 12.7 Å². The standard InChI is InChI=1S/C7H14O2/c1-6-2-3-7(4-8)9-5-6/h6-8H,2-5H2,1H3/t6-,7?/m1/s1. The van der Waals surface area contributed by atoms with Crippen LogP contribution >= 0.6 is 0 Å². The minimum absolute atomic E-state index is 0.126. The molecular weight excluding hydrogens is 116 g/mol. The fourth-order valence-electron chi connectivity index (χ4n) is 1.08. The van der Waals surface area contributed by atoms with E-state index < -0.39 is 0 Å². The molecule has 2 atom stereocenters. The van der Waals surface area contributed by atoms with Crippen LogP contribution in [0.1, 0.15) is 19.8 Å². The average Bonchev–Trinajstić information content (AvgIpc) is 1.90. The molecule has 0 saturated carbocycles. The van der Waals surface area contributed by atoms with Gasteiger partial charge in [-0.1, -0.05) is 6.92 Å². The summed E-state index contributed by atoms with van der Waals surface area (Å²) in [5.41, 5.74) is 0. The van der Waals surface area contributed by atoms with Gasteiger partial charge in [-0.2, -0.15) is 0 Å². The number of ether oxygens (including phenoxy) is 1. The first-order valence-corrected chi connectivity index (χ1v) is 3.55. The third-order valence-electron chi connectivity index (χ3n) is 1.80. The zero-order chi connectivity index (χ0) is 6.69.